The largest absolute Gasteiger partial charge is 0.311 e. The standard InChI is InChI=1S/C66H44N2S/c1-3-14-45(15-4-1)48-30-37-53(38-31-48)67(54-39-32-49(33-40-54)46-16-5-2-6-17-46)55-41-34-50(35-42-55)47-26-28-51(29-27-47)56-18-7-10-23-62(56)68-63-24-11-8-19-58(63)59-43-36-52(44-64(59)68)57-21-13-22-61-60-20-9-12-25-65(60)69-66(57)61/h1-44H. The van der Waals surface area contributed by atoms with E-state index in [9.17, 15) is 0 Å². The molecule has 13 aromatic rings. The van der Waals surface area contributed by atoms with E-state index >= 15 is 0 Å². The van der Waals surface area contributed by atoms with Crippen LogP contribution in [0.2, 0.25) is 0 Å². The van der Waals surface area contributed by atoms with Crippen molar-refractivity contribution in [3.63, 3.8) is 0 Å². The lowest BCUT2D eigenvalue weighted by molar-refractivity contribution is 1.18. The molecule has 0 radical (unpaired) electrons. The van der Waals surface area contributed by atoms with Crippen LogP contribution in [0.4, 0.5) is 17.1 Å². The quantitative estimate of drug-likeness (QED) is 0.140. The fraction of sp³-hybridized carbons (Fsp3) is 0. The van der Waals surface area contributed by atoms with Crippen LogP contribution in [0.15, 0.2) is 267 Å². The number of fused-ring (bicyclic) bond motifs is 6. The molecule has 0 amide bonds. The van der Waals surface area contributed by atoms with Crippen LogP contribution in [-0.2, 0) is 0 Å². The molecule has 0 aliphatic rings. The second-order valence-electron chi connectivity index (χ2n) is 17.7. The van der Waals surface area contributed by atoms with Crippen LogP contribution in [0, 0.1) is 0 Å². The van der Waals surface area contributed by atoms with Gasteiger partial charge in [0.25, 0.3) is 0 Å². The molecule has 0 aliphatic carbocycles. The Morgan fingerprint density at radius 1 is 0.275 bits per heavy atom. The molecule has 2 nitrogen and oxygen atoms in total. The van der Waals surface area contributed by atoms with E-state index in [0.29, 0.717) is 0 Å². The van der Waals surface area contributed by atoms with Gasteiger partial charge >= 0.3 is 0 Å². The first-order chi connectivity index (χ1) is 34.2. The molecule has 2 aromatic heterocycles. The van der Waals surface area contributed by atoms with Gasteiger partial charge in [-0.1, -0.05) is 206 Å². The van der Waals surface area contributed by atoms with Gasteiger partial charge in [0.05, 0.1) is 16.7 Å². The van der Waals surface area contributed by atoms with Crippen LogP contribution >= 0.6 is 11.3 Å². The Balaban J connectivity index is 0.846. The second-order valence-corrected chi connectivity index (χ2v) is 18.7. The maximum atomic E-state index is 2.47. The first-order valence-electron chi connectivity index (χ1n) is 23.6. The molecule has 0 atom stereocenters. The van der Waals surface area contributed by atoms with Crippen molar-refractivity contribution in [1.29, 1.82) is 0 Å². The lowest BCUT2D eigenvalue weighted by atomic mass is 9.98. The van der Waals surface area contributed by atoms with Gasteiger partial charge in [-0.15, -0.1) is 11.3 Å². The monoisotopic (exact) mass is 896 g/mol. The summed E-state index contributed by atoms with van der Waals surface area (Å²) < 4.78 is 5.12. The van der Waals surface area contributed by atoms with Crippen LogP contribution in [0.1, 0.15) is 0 Å². The Labute approximate surface area is 405 Å². The predicted molar refractivity (Wildman–Crippen MR) is 296 cm³/mol. The van der Waals surface area contributed by atoms with Gasteiger partial charge in [-0.2, -0.15) is 0 Å². The minimum absolute atomic E-state index is 1.10. The zero-order valence-corrected chi connectivity index (χ0v) is 38.5. The maximum Gasteiger partial charge on any atom is 0.0547 e. The SMILES string of the molecule is c1ccc(-c2ccc(N(c3ccc(-c4ccccc4)cc3)c3ccc(-c4ccc(-c5ccccc5-n5c6ccccc6c6ccc(-c7cccc8c7sc7ccccc78)cc65)cc4)cc3)cc2)cc1. The van der Waals surface area contributed by atoms with Gasteiger partial charge < -0.3 is 9.47 Å². The summed E-state index contributed by atoms with van der Waals surface area (Å²) >= 11 is 1.88. The Morgan fingerprint density at radius 2 is 0.710 bits per heavy atom. The van der Waals surface area contributed by atoms with E-state index < -0.39 is 0 Å². The minimum Gasteiger partial charge on any atom is -0.311 e. The highest BCUT2D eigenvalue weighted by Crippen LogP contribution is 2.43. The third kappa shape index (κ3) is 7.28. The summed E-state index contributed by atoms with van der Waals surface area (Å²) in [4.78, 5) is 2.34. The highest BCUT2D eigenvalue weighted by atomic mass is 32.1. The van der Waals surface area contributed by atoms with Crippen LogP contribution in [0.5, 0.6) is 0 Å². The molecular weight excluding hydrogens is 853 g/mol. The van der Waals surface area contributed by atoms with Crippen molar-refractivity contribution in [3.05, 3.63) is 267 Å². The minimum atomic E-state index is 1.10. The van der Waals surface area contributed by atoms with Crippen molar-refractivity contribution < 1.29 is 0 Å². The fourth-order valence-corrected chi connectivity index (χ4v) is 11.5. The lowest BCUT2D eigenvalue weighted by Gasteiger charge is -2.26. The molecule has 0 bridgehead atoms. The summed E-state index contributed by atoms with van der Waals surface area (Å²) in [7, 11) is 0. The highest BCUT2D eigenvalue weighted by molar-refractivity contribution is 7.26. The predicted octanol–water partition coefficient (Wildman–Crippen LogP) is 19.0. The number of hydrogen-bond acceptors (Lipinski definition) is 2. The summed E-state index contributed by atoms with van der Waals surface area (Å²) in [5, 5.41) is 5.13. The van der Waals surface area contributed by atoms with E-state index in [4.69, 9.17) is 0 Å². The molecule has 0 aliphatic heterocycles. The van der Waals surface area contributed by atoms with E-state index in [0.717, 1.165) is 22.7 Å². The second kappa shape index (κ2) is 17.2. The fourth-order valence-electron chi connectivity index (χ4n) is 10.2. The third-order valence-electron chi connectivity index (χ3n) is 13.7. The number of aromatic nitrogens is 1. The molecule has 2 heterocycles. The maximum absolute atomic E-state index is 2.47. The molecule has 0 saturated carbocycles. The summed E-state index contributed by atoms with van der Waals surface area (Å²) in [5.41, 5.74) is 18.9. The molecule has 3 heteroatoms. The molecular formula is C66H44N2S. The summed E-state index contributed by atoms with van der Waals surface area (Å²) in [5.74, 6) is 0. The normalized spacial score (nSPS) is 11.5. The van der Waals surface area contributed by atoms with Crippen molar-refractivity contribution in [2.24, 2.45) is 0 Å². The zero-order valence-electron chi connectivity index (χ0n) is 37.7. The first kappa shape index (κ1) is 40.5. The number of hydrogen-bond donors (Lipinski definition) is 0. The van der Waals surface area contributed by atoms with Gasteiger partial charge in [0, 0.05) is 53.6 Å². The Hall–Kier alpha value is -8.76. The molecule has 0 unspecified atom stereocenters. The average Bonchev–Trinajstić information content (AvgIpc) is 3.98. The Morgan fingerprint density at radius 3 is 1.33 bits per heavy atom. The van der Waals surface area contributed by atoms with E-state index in [1.165, 1.54) is 97.6 Å². The lowest BCUT2D eigenvalue weighted by Crippen LogP contribution is -2.09. The summed E-state index contributed by atoms with van der Waals surface area (Å²) in [6.45, 7) is 0. The van der Waals surface area contributed by atoms with Gasteiger partial charge in [0.15, 0.2) is 0 Å². The van der Waals surface area contributed by atoms with Gasteiger partial charge in [-0.3, -0.25) is 0 Å². The van der Waals surface area contributed by atoms with E-state index in [-0.39, 0.29) is 0 Å². The number of rotatable bonds is 9. The number of benzene rings is 11. The molecule has 69 heavy (non-hydrogen) atoms. The summed E-state index contributed by atoms with van der Waals surface area (Å²) in [6, 6.07) is 97.2. The van der Waals surface area contributed by atoms with Crippen molar-refractivity contribution in [2.45, 2.75) is 0 Å². The van der Waals surface area contributed by atoms with E-state index in [1.807, 2.05) is 11.3 Å². The number of anilines is 3. The van der Waals surface area contributed by atoms with Crippen molar-refractivity contribution in [1.82, 2.24) is 4.57 Å². The number of nitrogens with zero attached hydrogens (tertiary/aromatic N) is 2. The van der Waals surface area contributed by atoms with Crippen LogP contribution in [0.3, 0.4) is 0 Å². The highest BCUT2D eigenvalue weighted by Gasteiger charge is 2.19. The number of thiophene rings is 1. The van der Waals surface area contributed by atoms with Gasteiger partial charge in [0.2, 0.25) is 0 Å². The van der Waals surface area contributed by atoms with Crippen LogP contribution < -0.4 is 4.90 Å². The molecule has 0 fully saturated rings. The Kier molecular flexibility index (Phi) is 10.1. The third-order valence-corrected chi connectivity index (χ3v) is 14.9. The van der Waals surface area contributed by atoms with Crippen molar-refractivity contribution in [2.75, 3.05) is 4.90 Å². The topological polar surface area (TPSA) is 8.17 Å². The number of para-hydroxylation sites is 2. The molecule has 11 aromatic carbocycles. The van der Waals surface area contributed by atoms with Crippen LogP contribution in [0.25, 0.3) is 103 Å². The van der Waals surface area contributed by atoms with Crippen molar-refractivity contribution >= 4 is 70.4 Å². The van der Waals surface area contributed by atoms with Gasteiger partial charge in [-0.05, 0) is 111 Å². The van der Waals surface area contributed by atoms with Gasteiger partial charge in [0.1, 0.15) is 0 Å². The molecule has 324 valence electrons. The van der Waals surface area contributed by atoms with E-state index in [2.05, 4.69) is 276 Å². The molecule has 0 N–H and O–H groups in total. The Bertz CT molecular complexity index is 3880. The molecule has 13 rings (SSSR count). The van der Waals surface area contributed by atoms with Gasteiger partial charge in [-0.25, -0.2) is 0 Å². The zero-order chi connectivity index (χ0) is 45.7. The van der Waals surface area contributed by atoms with E-state index in [1.54, 1.807) is 0 Å². The summed E-state index contributed by atoms with van der Waals surface area (Å²) in [6.07, 6.45) is 0. The molecule has 0 saturated heterocycles. The molecule has 0 spiro atoms. The average molecular weight is 897 g/mol. The van der Waals surface area contributed by atoms with Crippen molar-refractivity contribution in [3.8, 4) is 61.3 Å². The van der Waals surface area contributed by atoms with Crippen LogP contribution in [-0.4, -0.2) is 4.57 Å². The smallest absolute Gasteiger partial charge is 0.0547 e. The first-order valence-corrected chi connectivity index (χ1v) is 24.4.